The van der Waals surface area contributed by atoms with Crippen LogP contribution in [0, 0.1) is 0 Å². The van der Waals surface area contributed by atoms with Crippen LogP contribution in [-0.2, 0) is 0 Å². The first-order valence-electron chi connectivity index (χ1n) is 5.78. The van der Waals surface area contributed by atoms with Crippen LogP contribution in [-0.4, -0.2) is 9.97 Å². The van der Waals surface area contributed by atoms with Gasteiger partial charge in [0.25, 0.3) is 0 Å². The van der Waals surface area contributed by atoms with E-state index in [9.17, 15) is 0 Å². The molecule has 0 unspecified atom stereocenters. The van der Waals surface area contributed by atoms with Crippen molar-refractivity contribution in [2.24, 2.45) is 0 Å². The molecule has 0 spiro atoms. The number of aromatic nitrogens is 2. The maximum Gasteiger partial charge on any atom is 0.172 e. The summed E-state index contributed by atoms with van der Waals surface area (Å²) in [5.74, 6) is 0.458. The van der Waals surface area contributed by atoms with E-state index in [-0.39, 0.29) is 10.3 Å². The van der Waals surface area contributed by atoms with E-state index in [1.807, 2.05) is 12.1 Å². The molecule has 0 saturated carbocycles. The molecule has 3 aromatic rings. The highest BCUT2D eigenvalue weighted by Crippen LogP contribution is 2.36. The van der Waals surface area contributed by atoms with Crippen molar-refractivity contribution in [3.8, 4) is 21.8 Å². The van der Waals surface area contributed by atoms with Gasteiger partial charge in [-0.3, -0.25) is 0 Å². The van der Waals surface area contributed by atoms with Crippen LogP contribution in [0.5, 0.6) is 0 Å². The highest BCUT2D eigenvalue weighted by atomic mass is 35.5. The Bertz CT molecular complexity index is 776. The minimum atomic E-state index is 0.289. The van der Waals surface area contributed by atoms with Crippen LogP contribution in [0.15, 0.2) is 35.7 Å². The zero-order valence-corrected chi connectivity index (χ0v) is 14.1. The van der Waals surface area contributed by atoms with Gasteiger partial charge in [-0.1, -0.05) is 58.5 Å². The molecule has 0 amide bonds. The zero-order chi connectivity index (χ0) is 15.0. The predicted molar refractivity (Wildman–Crippen MR) is 90.8 cm³/mol. The molecule has 0 atom stereocenters. The molecule has 0 radical (unpaired) electrons. The lowest BCUT2D eigenvalue weighted by atomic mass is 10.1. The molecule has 21 heavy (non-hydrogen) atoms. The number of thiophene rings is 1. The van der Waals surface area contributed by atoms with Gasteiger partial charge in [-0.05, 0) is 23.8 Å². The molecule has 0 bridgehead atoms. The first-order chi connectivity index (χ1) is 10.0. The number of rotatable bonds is 2. The zero-order valence-electron chi connectivity index (χ0n) is 10.3. The first-order valence-corrected chi connectivity index (χ1v) is 8.17. The Labute approximate surface area is 145 Å². The third kappa shape index (κ3) is 3.17. The third-order valence-corrected chi connectivity index (χ3v) is 4.81. The number of hydrogen-bond donors (Lipinski definition) is 0. The van der Waals surface area contributed by atoms with Crippen molar-refractivity contribution in [1.29, 1.82) is 0 Å². The lowest BCUT2D eigenvalue weighted by Crippen LogP contribution is -1.93. The van der Waals surface area contributed by atoms with Gasteiger partial charge in [0.1, 0.15) is 10.3 Å². The molecule has 3 rings (SSSR count). The normalized spacial score (nSPS) is 10.9. The second-order valence-corrected chi connectivity index (χ2v) is 6.64. The Morgan fingerprint density at radius 3 is 1.95 bits per heavy atom. The summed E-state index contributed by atoms with van der Waals surface area (Å²) in [7, 11) is 0. The molecule has 7 heteroatoms. The largest absolute Gasteiger partial charge is 0.215 e. The summed E-state index contributed by atoms with van der Waals surface area (Å²) in [4.78, 5) is 9.42. The summed E-state index contributed by atoms with van der Waals surface area (Å²) < 4.78 is 0. The summed E-state index contributed by atoms with van der Waals surface area (Å²) in [5.41, 5.74) is 1.39. The summed E-state index contributed by atoms with van der Waals surface area (Å²) in [6, 6.07) is 8.93. The molecule has 2 heterocycles. The van der Waals surface area contributed by atoms with E-state index >= 15 is 0 Å². The smallest absolute Gasteiger partial charge is 0.172 e. The van der Waals surface area contributed by atoms with Crippen molar-refractivity contribution in [1.82, 2.24) is 9.97 Å². The molecule has 106 valence electrons. The lowest BCUT2D eigenvalue weighted by molar-refractivity contribution is 1.19. The van der Waals surface area contributed by atoms with Crippen molar-refractivity contribution >= 4 is 57.7 Å². The average Bonchev–Trinajstić information content (AvgIpc) is 2.87. The molecule has 0 N–H and O–H groups in total. The summed E-state index contributed by atoms with van der Waals surface area (Å²) in [5, 5.41) is 3.65. The number of benzene rings is 1. The van der Waals surface area contributed by atoms with E-state index in [0.717, 1.165) is 10.4 Å². The third-order valence-electron chi connectivity index (χ3n) is 2.74. The van der Waals surface area contributed by atoms with Gasteiger partial charge in [0.15, 0.2) is 5.82 Å². The minimum absolute atomic E-state index is 0.289. The van der Waals surface area contributed by atoms with Crippen molar-refractivity contribution in [3.05, 3.63) is 56.1 Å². The number of nitrogens with zero attached hydrogens (tertiary/aromatic N) is 2. The van der Waals surface area contributed by atoms with Crippen LogP contribution in [0.25, 0.3) is 21.8 Å². The second kappa shape index (κ2) is 6.11. The Kier molecular flexibility index (Phi) is 4.38. The van der Waals surface area contributed by atoms with Crippen molar-refractivity contribution in [3.63, 3.8) is 0 Å². The molecule has 0 aliphatic rings. The Morgan fingerprint density at radius 1 is 0.810 bits per heavy atom. The van der Waals surface area contributed by atoms with Gasteiger partial charge in [-0.25, -0.2) is 9.97 Å². The maximum absolute atomic E-state index is 6.27. The van der Waals surface area contributed by atoms with Crippen LogP contribution in [0.3, 0.4) is 0 Å². The fourth-order valence-electron chi connectivity index (χ4n) is 1.80. The average molecular weight is 376 g/mol. The summed E-state index contributed by atoms with van der Waals surface area (Å²) >= 11 is 25.8. The van der Waals surface area contributed by atoms with Gasteiger partial charge < -0.3 is 0 Å². The quantitative estimate of drug-likeness (QED) is 0.478. The Balaban J connectivity index is 2.10. The topological polar surface area (TPSA) is 25.8 Å². The van der Waals surface area contributed by atoms with Crippen molar-refractivity contribution < 1.29 is 0 Å². The second-order valence-electron chi connectivity index (χ2n) is 4.14. The van der Waals surface area contributed by atoms with Gasteiger partial charge in [-0.15, -0.1) is 11.3 Å². The van der Waals surface area contributed by atoms with E-state index < -0.39 is 0 Å². The molecular formula is C14H6Cl4N2S. The molecule has 2 nitrogen and oxygen atoms in total. The SMILES string of the molecule is Clc1ccc(-c2c(Cl)nc(-c3cc(Cl)cs3)nc2Cl)cc1. The van der Waals surface area contributed by atoms with Crippen molar-refractivity contribution in [2.45, 2.75) is 0 Å². The van der Waals surface area contributed by atoms with Crippen LogP contribution in [0.1, 0.15) is 0 Å². The van der Waals surface area contributed by atoms with Gasteiger partial charge in [-0.2, -0.15) is 0 Å². The van der Waals surface area contributed by atoms with E-state index in [0.29, 0.717) is 21.4 Å². The number of hydrogen-bond acceptors (Lipinski definition) is 3. The Hall–Kier alpha value is -0.840. The van der Waals surface area contributed by atoms with Gasteiger partial charge in [0.05, 0.1) is 15.5 Å². The Morgan fingerprint density at radius 2 is 1.43 bits per heavy atom. The van der Waals surface area contributed by atoms with Gasteiger partial charge in [0, 0.05) is 10.4 Å². The van der Waals surface area contributed by atoms with Gasteiger partial charge in [0.2, 0.25) is 0 Å². The van der Waals surface area contributed by atoms with Crippen LogP contribution in [0.4, 0.5) is 0 Å². The first kappa shape index (κ1) is 15.1. The van der Waals surface area contributed by atoms with E-state index in [1.165, 1.54) is 11.3 Å². The molecule has 0 saturated heterocycles. The highest BCUT2D eigenvalue weighted by molar-refractivity contribution is 7.14. The molecule has 0 aliphatic heterocycles. The fourth-order valence-corrected chi connectivity index (χ4v) is 3.54. The molecule has 1 aromatic carbocycles. The standard InChI is InChI=1S/C14H6Cl4N2S/c15-8-3-1-7(2-4-8)11-12(17)19-14(20-13(11)18)10-5-9(16)6-21-10/h1-6H. The monoisotopic (exact) mass is 374 g/mol. The van der Waals surface area contributed by atoms with E-state index in [4.69, 9.17) is 46.4 Å². The molecular weight excluding hydrogens is 370 g/mol. The van der Waals surface area contributed by atoms with Gasteiger partial charge >= 0.3 is 0 Å². The highest BCUT2D eigenvalue weighted by Gasteiger charge is 2.15. The maximum atomic E-state index is 6.27. The van der Waals surface area contributed by atoms with Crippen LogP contribution >= 0.6 is 57.7 Å². The van der Waals surface area contributed by atoms with Crippen LogP contribution < -0.4 is 0 Å². The van der Waals surface area contributed by atoms with Crippen LogP contribution in [0.2, 0.25) is 20.4 Å². The summed E-state index contributed by atoms with van der Waals surface area (Å²) in [6.45, 7) is 0. The molecule has 0 aliphatic carbocycles. The number of halogens is 4. The molecule has 0 fully saturated rings. The minimum Gasteiger partial charge on any atom is -0.215 e. The predicted octanol–water partition coefficient (Wildman–Crippen LogP) is 6.49. The van der Waals surface area contributed by atoms with Crippen molar-refractivity contribution in [2.75, 3.05) is 0 Å². The molecule has 2 aromatic heterocycles. The van der Waals surface area contributed by atoms with E-state index in [1.54, 1.807) is 23.6 Å². The van der Waals surface area contributed by atoms with E-state index in [2.05, 4.69) is 9.97 Å². The lowest BCUT2D eigenvalue weighted by Gasteiger charge is -2.08. The fraction of sp³-hybridized carbons (Fsp3) is 0. The summed E-state index contributed by atoms with van der Waals surface area (Å²) in [6.07, 6.45) is 0.